The Balaban J connectivity index is 1.06. The molecule has 0 saturated carbocycles. The Bertz CT molecular complexity index is 3070. The van der Waals surface area contributed by atoms with Gasteiger partial charge in [-0.1, -0.05) is 152 Å². The van der Waals surface area contributed by atoms with Gasteiger partial charge in [-0.3, -0.25) is 0 Å². The summed E-state index contributed by atoms with van der Waals surface area (Å²) < 4.78 is 6.37. The Morgan fingerprint density at radius 2 is 1.04 bits per heavy atom. The summed E-state index contributed by atoms with van der Waals surface area (Å²) in [4.78, 5) is 10.5. The van der Waals surface area contributed by atoms with E-state index in [4.69, 9.17) is 14.7 Å². The molecule has 0 bridgehead atoms. The first-order valence-corrected chi connectivity index (χ1v) is 18.0. The Morgan fingerprint density at radius 3 is 1.91 bits per heavy atom. The topological polar surface area (TPSA) is 35.0 Å². The maximum atomic E-state index is 6.37. The monoisotopic (exact) mass is 674 g/mol. The molecular weight excluding hydrogens is 645 g/mol. The summed E-state index contributed by atoms with van der Waals surface area (Å²) in [7, 11) is 0. The van der Waals surface area contributed by atoms with Crippen LogP contribution in [-0.2, 0) is 0 Å². The smallest absolute Gasteiger partial charge is 0.160 e. The van der Waals surface area contributed by atoms with Gasteiger partial charge in [0.15, 0.2) is 5.82 Å². The lowest BCUT2D eigenvalue weighted by Gasteiger charge is -2.22. The number of benzene rings is 9. The van der Waals surface area contributed by atoms with E-state index in [2.05, 4.69) is 158 Å². The predicted octanol–water partition coefficient (Wildman–Crippen LogP) is 13.5. The van der Waals surface area contributed by atoms with Gasteiger partial charge in [-0.05, 0) is 84.7 Å². The number of aromatic nitrogens is 2. The Morgan fingerprint density at radius 1 is 0.340 bits per heavy atom. The summed E-state index contributed by atoms with van der Waals surface area (Å²) in [6.07, 6.45) is 0. The van der Waals surface area contributed by atoms with Gasteiger partial charge < -0.3 is 4.74 Å². The molecule has 0 aliphatic carbocycles. The van der Waals surface area contributed by atoms with E-state index in [1.807, 2.05) is 24.3 Å². The van der Waals surface area contributed by atoms with Crippen molar-refractivity contribution >= 4 is 43.1 Å². The molecule has 1 aliphatic rings. The quantitative estimate of drug-likeness (QED) is 0.138. The normalized spacial score (nSPS) is 11.9. The third-order valence-corrected chi connectivity index (χ3v) is 10.7. The summed E-state index contributed by atoms with van der Waals surface area (Å²) in [6, 6.07) is 64.4. The molecule has 0 radical (unpaired) electrons. The summed E-state index contributed by atoms with van der Waals surface area (Å²) in [5.41, 5.74) is 9.50. The second kappa shape index (κ2) is 11.7. The second-order valence-electron chi connectivity index (χ2n) is 13.7. The van der Waals surface area contributed by atoms with E-state index in [9.17, 15) is 0 Å². The lowest BCUT2D eigenvalue weighted by Crippen LogP contribution is -1.98. The number of hydrogen-bond acceptors (Lipinski definition) is 3. The molecule has 246 valence electrons. The molecule has 11 rings (SSSR count). The SMILES string of the molecule is c1ccc(-c2nc(-c3ccc(-c4ccc5c(c4)-c4cccc6cccc(c46)O5)cc3)cc(-c3c4ccccc4cc4c3ccc3ccccc34)n2)cc1. The molecule has 1 aromatic heterocycles. The molecule has 0 saturated heterocycles. The first-order valence-electron chi connectivity index (χ1n) is 18.0. The summed E-state index contributed by atoms with van der Waals surface area (Å²) >= 11 is 0. The zero-order valence-electron chi connectivity index (χ0n) is 28.6. The maximum absolute atomic E-state index is 6.37. The summed E-state index contributed by atoms with van der Waals surface area (Å²) in [5.74, 6) is 2.49. The van der Waals surface area contributed by atoms with Crippen LogP contribution >= 0.6 is 0 Å². The van der Waals surface area contributed by atoms with Crippen LogP contribution in [0.5, 0.6) is 11.5 Å². The van der Waals surface area contributed by atoms with E-state index in [0.717, 1.165) is 61.7 Å². The Kier molecular flexibility index (Phi) is 6.55. The van der Waals surface area contributed by atoms with Crippen molar-refractivity contribution in [2.24, 2.45) is 0 Å². The molecule has 1 aliphatic heterocycles. The summed E-state index contributed by atoms with van der Waals surface area (Å²) in [6.45, 7) is 0. The van der Waals surface area contributed by atoms with Gasteiger partial charge in [-0.15, -0.1) is 0 Å². The predicted molar refractivity (Wildman–Crippen MR) is 219 cm³/mol. The van der Waals surface area contributed by atoms with E-state index in [0.29, 0.717) is 5.82 Å². The molecule has 0 atom stereocenters. The third kappa shape index (κ3) is 4.82. The standard InChI is InChI=1S/C50H30N2O/c1-2-11-35(12-3-1)50-51-44(30-45(52-50)49-39-17-7-5-13-37(39)29-42-38-16-6-4-10-32(38)24-26-41(42)49)33-22-20-31(21-23-33)36-25-27-46-43(28-36)40-18-8-14-34-15-9-19-47(53-46)48(34)40/h1-30H. The number of ether oxygens (including phenoxy) is 1. The average Bonchev–Trinajstić information content (AvgIpc) is 3.23. The molecule has 0 N–H and O–H groups in total. The Hall–Kier alpha value is -7.10. The van der Waals surface area contributed by atoms with Crippen LogP contribution < -0.4 is 4.74 Å². The van der Waals surface area contributed by atoms with Crippen LogP contribution in [0.4, 0.5) is 0 Å². The van der Waals surface area contributed by atoms with E-state index in [1.54, 1.807) is 0 Å². The van der Waals surface area contributed by atoms with Gasteiger partial charge in [0, 0.05) is 27.6 Å². The fraction of sp³-hybridized carbons (Fsp3) is 0. The van der Waals surface area contributed by atoms with Crippen molar-refractivity contribution in [3.8, 4) is 67.7 Å². The number of hydrogen-bond donors (Lipinski definition) is 0. The van der Waals surface area contributed by atoms with Crippen molar-refractivity contribution in [3.63, 3.8) is 0 Å². The van der Waals surface area contributed by atoms with Crippen LogP contribution in [0.1, 0.15) is 0 Å². The van der Waals surface area contributed by atoms with E-state index < -0.39 is 0 Å². The highest BCUT2D eigenvalue weighted by Crippen LogP contribution is 2.47. The second-order valence-corrected chi connectivity index (χ2v) is 13.7. The average molecular weight is 675 g/mol. The minimum atomic E-state index is 0.702. The molecule has 10 aromatic rings. The highest BCUT2D eigenvalue weighted by Gasteiger charge is 2.21. The van der Waals surface area contributed by atoms with Crippen molar-refractivity contribution in [1.29, 1.82) is 0 Å². The van der Waals surface area contributed by atoms with Gasteiger partial charge in [0.05, 0.1) is 11.4 Å². The molecule has 2 heterocycles. The van der Waals surface area contributed by atoms with E-state index in [-0.39, 0.29) is 0 Å². The minimum absolute atomic E-state index is 0.702. The third-order valence-electron chi connectivity index (χ3n) is 10.7. The highest BCUT2D eigenvalue weighted by atomic mass is 16.5. The first-order chi connectivity index (χ1) is 26.2. The van der Waals surface area contributed by atoms with Crippen LogP contribution in [-0.4, -0.2) is 9.97 Å². The molecule has 3 nitrogen and oxygen atoms in total. The van der Waals surface area contributed by atoms with Gasteiger partial charge >= 0.3 is 0 Å². The number of rotatable bonds is 4. The van der Waals surface area contributed by atoms with Crippen molar-refractivity contribution in [2.75, 3.05) is 0 Å². The van der Waals surface area contributed by atoms with E-state index in [1.165, 1.54) is 43.3 Å². The minimum Gasteiger partial charge on any atom is -0.456 e. The fourth-order valence-corrected chi connectivity index (χ4v) is 8.11. The van der Waals surface area contributed by atoms with Crippen LogP contribution in [0.2, 0.25) is 0 Å². The van der Waals surface area contributed by atoms with Crippen molar-refractivity contribution in [3.05, 3.63) is 182 Å². The van der Waals surface area contributed by atoms with Gasteiger partial charge in [0.1, 0.15) is 11.5 Å². The van der Waals surface area contributed by atoms with Gasteiger partial charge in [-0.2, -0.15) is 0 Å². The molecule has 3 heteroatoms. The zero-order chi connectivity index (χ0) is 34.9. The maximum Gasteiger partial charge on any atom is 0.160 e. The highest BCUT2D eigenvalue weighted by molar-refractivity contribution is 6.20. The number of nitrogens with zero attached hydrogens (tertiary/aromatic N) is 2. The first kappa shape index (κ1) is 29.6. The van der Waals surface area contributed by atoms with Gasteiger partial charge in [0.2, 0.25) is 0 Å². The van der Waals surface area contributed by atoms with E-state index >= 15 is 0 Å². The number of fused-ring (bicyclic) bond motifs is 6. The van der Waals surface area contributed by atoms with Crippen LogP contribution in [0.3, 0.4) is 0 Å². The van der Waals surface area contributed by atoms with Crippen LogP contribution in [0.15, 0.2) is 182 Å². The molecule has 0 unspecified atom stereocenters. The van der Waals surface area contributed by atoms with Crippen molar-refractivity contribution in [1.82, 2.24) is 9.97 Å². The molecule has 0 amide bonds. The molecule has 0 spiro atoms. The lowest BCUT2D eigenvalue weighted by molar-refractivity contribution is 0.487. The Labute approximate surface area is 306 Å². The lowest BCUT2D eigenvalue weighted by atomic mass is 9.91. The van der Waals surface area contributed by atoms with Crippen LogP contribution in [0.25, 0.3) is 99.2 Å². The largest absolute Gasteiger partial charge is 0.456 e. The van der Waals surface area contributed by atoms with Crippen molar-refractivity contribution in [2.45, 2.75) is 0 Å². The van der Waals surface area contributed by atoms with Gasteiger partial charge in [-0.25, -0.2) is 9.97 Å². The molecular formula is C50H30N2O. The molecule has 9 aromatic carbocycles. The fourth-order valence-electron chi connectivity index (χ4n) is 8.11. The molecule has 53 heavy (non-hydrogen) atoms. The molecule has 0 fully saturated rings. The van der Waals surface area contributed by atoms with Gasteiger partial charge in [0.25, 0.3) is 0 Å². The van der Waals surface area contributed by atoms with Crippen molar-refractivity contribution < 1.29 is 4.74 Å². The summed E-state index contributed by atoms with van der Waals surface area (Å²) in [5, 5.41) is 9.56. The van der Waals surface area contributed by atoms with Crippen LogP contribution in [0, 0.1) is 0 Å². The zero-order valence-corrected chi connectivity index (χ0v) is 28.6.